The highest BCUT2D eigenvalue weighted by molar-refractivity contribution is 7.73. The molecule has 13 heavy (non-hydrogen) atoms. The number of thiazole rings is 1. The third kappa shape index (κ3) is 1.68. The molecule has 0 amide bonds. The largest absolute Gasteiger partial charge is 0.337 e. The normalized spacial score (nSPS) is 10.2. The fourth-order valence-corrected chi connectivity index (χ4v) is 1.93. The average molecular weight is 211 g/mol. The summed E-state index contributed by atoms with van der Waals surface area (Å²) < 4.78 is 13.9. The summed E-state index contributed by atoms with van der Waals surface area (Å²) in [6.45, 7) is 0. The number of aromatic amines is 1. The lowest BCUT2D eigenvalue weighted by atomic mass is 10.2. The second kappa shape index (κ2) is 3.40. The molecule has 0 spiro atoms. The number of benzene rings is 1. The number of H-pyrrole nitrogens is 1. The molecule has 0 radical (unpaired) electrons. The first-order chi connectivity index (χ1) is 6.27. The van der Waals surface area contributed by atoms with Gasteiger partial charge in [-0.15, -0.1) is 11.3 Å². The molecule has 1 nitrogen and oxygen atoms in total. The number of rotatable bonds is 1. The van der Waals surface area contributed by atoms with Crippen molar-refractivity contribution >= 4 is 23.6 Å². The first-order valence-corrected chi connectivity index (χ1v) is 4.99. The van der Waals surface area contributed by atoms with Crippen LogP contribution in [0.4, 0.5) is 4.39 Å². The molecule has 4 heteroatoms. The minimum absolute atomic E-state index is 0.230. The van der Waals surface area contributed by atoms with Crippen LogP contribution in [-0.4, -0.2) is 4.98 Å². The second-order valence-electron chi connectivity index (χ2n) is 2.54. The molecule has 0 aliphatic rings. The van der Waals surface area contributed by atoms with E-state index in [-0.39, 0.29) is 5.82 Å². The molecule has 1 aromatic heterocycles. The van der Waals surface area contributed by atoms with Crippen LogP contribution in [0, 0.1) is 9.77 Å². The monoisotopic (exact) mass is 211 g/mol. The van der Waals surface area contributed by atoms with E-state index in [4.69, 9.17) is 12.2 Å². The molecule has 0 saturated carbocycles. The highest BCUT2D eigenvalue weighted by Gasteiger charge is 2.04. The van der Waals surface area contributed by atoms with E-state index in [0.717, 1.165) is 5.69 Å². The van der Waals surface area contributed by atoms with Crippen LogP contribution < -0.4 is 0 Å². The molecule has 2 aromatic rings. The topological polar surface area (TPSA) is 15.8 Å². The molecule has 1 N–H and O–H groups in total. The number of hydrogen-bond donors (Lipinski definition) is 1. The first kappa shape index (κ1) is 8.59. The summed E-state index contributed by atoms with van der Waals surface area (Å²) in [5.41, 5.74) is 1.31. The maximum Gasteiger partial charge on any atom is 0.158 e. The van der Waals surface area contributed by atoms with Crippen LogP contribution in [0.25, 0.3) is 11.3 Å². The predicted octanol–water partition coefficient (Wildman–Crippen LogP) is 3.61. The summed E-state index contributed by atoms with van der Waals surface area (Å²) in [4.78, 5) is 2.93. The lowest BCUT2D eigenvalue weighted by molar-refractivity contribution is 0.631. The van der Waals surface area contributed by atoms with E-state index in [1.165, 1.54) is 17.4 Å². The third-order valence-electron chi connectivity index (χ3n) is 1.68. The first-order valence-electron chi connectivity index (χ1n) is 3.70. The highest BCUT2D eigenvalue weighted by atomic mass is 32.1. The van der Waals surface area contributed by atoms with Crippen molar-refractivity contribution in [3.63, 3.8) is 0 Å². The van der Waals surface area contributed by atoms with E-state index in [9.17, 15) is 4.39 Å². The maximum absolute atomic E-state index is 13.2. The van der Waals surface area contributed by atoms with Gasteiger partial charge in [0.1, 0.15) is 5.82 Å². The van der Waals surface area contributed by atoms with Gasteiger partial charge in [0.2, 0.25) is 0 Å². The van der Waals surface area contributed by atoms with Crippen molar-refractivity contribution in [3.05, 3.63) is 39.4 Å². The van der Waals surface area contributed by atoms with Gasteiger partial charge >= 0.3 is 0 Å². The van der Waals surface area contributed by atoms with Crippen molar-refractivity contribution in [3.8, 4) is 11.3 Å². The van der Waals surface area contributed by atoms with Gasteiger partial charge in [-0.05, 0) is 24.4 Å². The Morgan fingerprint density at radius 1 is 1.31 bits per heavy atom. The molecule has 1 heterocycles. The molecule has 0 unspecified atom stereocenters. The minimum Gasteiger partial charge on any atom is -0.337 e. The molecule has 0 aliphatic heterocycles. The zero-order chi connectivity index (χ0) is 9.26. The number of halogens is 1. The van der Waals surface area contributed by atoms with Gasteiger partial charge in [-0.3, -0.25) is 0 Å². The minimum atomic E-state index is -0.230. The Morgan fingerprint density at radius 2 is 2.08 bits per heavy atom. The summed E-state index contributed by atoms with van der Waals surface area (Å²) in [5.74, 6) is -0.230. The van der Waals surface area contributed by atoms with Gasteiger partial charge in [0.15, 0.2) is 3.95 Å². The lowest BCUT2D eigenvalue weighted by Crippen LogP contribution is -1.82. The van der Waals surface area contributed by atoms with Crippen LogP contribution in [0.15, 0.2) is 29.6 Å². The summed E-state index contributed by atoms with van der Waals surface area (Å²) in [6.07, 6.45) is 0. The Hall–Kier alpha value is -1.00. The van der Waals surface area contributed by atoms with Gasteiger partial charge in [-0.1, -0.05) is 12.1 Å². The summed E-state index contributed by atoms with van der Waals surface area (Å²) in [6, 6.07) is 6.62. The van der Waals surface area contributed by atoms with Crippen LogP contribution in [-0.2, 0) is 0 Å². The van der Waals surface area contributed by atoms with Crippen LogP contribution in [0.1, 0.15) is 0 Å². The number of aromatic nitrogens is 1. The van der Waals surface area contributed by atoms with E-state index >= 15 is 0 Å². The Bertz CT molecular complexity index is 472. The van der Waals surface area contributed by atoms with Crippen LogP contribution >= 0.6 is 23.6 Å². The van der Waals surface area contributed by atoms with Crippen LogP contribution in [0.5, 0.6) is 0 Å². The van der Waals surface area contributed by atoms with Crippen LogP contribution in [0.2, 0.25) is 0 Å². The van der Waals surface area contributed by atoms with E-state index in [0.29, 0.717) is 9.52 Å². The fraction of sp³-hybridized carbons (Fsp3) is 0. The molecule has 0 fully saturated rings. The Balaban J connectivity index is 2.58. The lowest BCUT2D eigenvalue weighted by Gasteiger charge is -1.97. The highest BCUT2D eigenvalue weighted by Crippen LogP contribution is 2.22. The van der Waals surface area contributed by atoms with Gasteiger partial charge in [0.05, 0.1) is 5.69 Å². The second-order valence-corrected chi connectivity index (χ2v) is 4.09. The molecule has 0 bridgehead atoms. The number of nitrogens with one attached hydrogen (secondary N) is 1. The Labute approximate surface area is 83.9 Å². The van der Waals surface area contributed by atoms with Gasteiger partial charge in [-0.25, -0.2) is 4.39 Å². The van der Waals surface area contributed by atoms with Crippen molar-refractivity contribution in [2.75, 3.05) is 0 Å². The smallest absolute Gasteiger partial charge is 0.158 e. The molecule has 66 valence electrons. The standard InChI is InChI=1S/C9H6FNS2/c10-7-4-2-1-3-6(7)8-5-13-9(12)11-8/h1-5H,(H,11,12). The van der Waals surface area contributed by atoms with Crippen molar-refractivity contribution in [1.82, 2.24) is 4.98 Å². The molecular weight excluding hydrogens is 205 g/mol. The van der Waals surface area contributed by atoms with E-state index in [1.54, 1.807) is 18.2 Å². The van der Waals surface area contributed by atoms with Crippen molar-refractivity contribution in [2.24, 2.45) is 0 Å². The molecule has 0 saturated heterocycles. The van der Waals surface area contributed by atoms with Gasteiger partial charge in [0.25, 0.3) is 0 Å². The van der Waals surface area contributed by atoms with E-state index < -0.39 is 0 Å². The molecule has 1 aromatic carbocycles. The zero-order valence-corrected chi connectivity index (χ0v) is 8.21. The SMILES string of the molecule is Fc1ccccc1-c1csc(=S)[nH]1. The molecule has 2 rings (SSSR count). The maximum atomic E-state index is 13.2. The zero-order valence-electron chi connectivity index (χ0n) is 6.58. The molecule has 0 atom stereocenters. The van der Waals surface area contributed by atoms with Gasteiger partial charge in [-0.2, -0.15) is 0 Å². The summed E-state index contributed by atoms with van der Waals surface area (Å²) in [7, 11) is 0. The van der Waals surface area contributed by atoms with Crippen molar-refractivity contribution in [2.45, 2.75) is 0 Å². The quantitative estimate of drug-likeness (QED) is 0.712. The number of hydrogen-bond acceptors (Lipinski definition) is 2. The van der Waals surface area contributed by atoms with E-state index in [2.05, 4.69) is 4.98 Å². The van der Waals surface area contributed by atoms with Gasteiger partial charge in [0, 0.05) is 10.9 Å². The summed E-state index contributed by atoms with van der Waals surface area (Å²) >= 11 is 6.32. The van der Waals surface area contributed by atoms with E-state index in [1.807, 2.05) is 5.38 Å². The fourth-order valence-electron chi connectivity index (χ4n) is 1.09. The average Bonchev–Trinajstić information content (AvgIpc) is 2.53. The van der Waals surface area contributed by atoms with Crippen molar-refractivity contribution in [1.29, 1.82) is 0 Å². The predicted molar refractivity (Wildman–Crippen MR) is 54.9 cm³/mol. The Kier molecular flexibility index (Phi) is 2.24. The summed E-state index contributed by atoms with van der Waals surface area (Å²) in [5, 5.41) is 1.82. The molecule has 0 aliphatic carbocycles. The molecular formula is C9H6FNS2. The Morgan fingerprint density at radius 3 is 2.69 bits per heavy atom. The van der Waals surface area contributed by atoms with Crippen LogP contribution in [0.3, 0.4) is 0 Å². The van der Waals surface area contributed by atoms with Crippen molar-refractivity contribution < 1.29 is 4.39 Å². The van der Waals surface area contributed by atoms with Gasteiger partial charge < -0.3 is 4.98 Å². The third-order valence-corrected chi connectivity index (χ3v) is 2.75.